The molecule has 0 saturated carbocycles. The molecule has 3 rings (SSSR count). The maximum Gasteiger partial charge on any atom is 0.409 e. The summed E-state index contributed by atoms with van der Waals surface area (Å²) in [5.74, 6) is -0.320. The number of carbonyl (C=O) groups is 2. The maximum absolute atomic E-state index is 13.1. The third-order valence-electron chi connectivity index (χ3n) is 5.92. The molecule has 176 valence electrons. The topological polar surface area (TPSA) is 130 Å². The average molecular weight is 469 g/mol. The standard InChI is InChI=1S/C20H28N4O7S/c1-3-31-20(26)22-12-10-21(11-13-22)19(25)16-6-8-23(9-7-16)32(29,30)18-14-17(24(27)28)5-4-15(18)2/h4-5,14,16H,3,6-13H2,1-2H3. The number of nitro benzene ring substituents is 1. The SMILES string of the molecule is CCOC(=O)N1CCN(C(=O)C2CCN(S(=O)(=O)c3cc([N+](=O)[O-])ccc3C)CC2)CC1. The Labute approximate surface area is 187 Å². The Morgan fingerprint density at radius 2 is 1.69 bits per heavy atom. The summed E-state index contributed by atoms with van der Waals surface area (Å²) >= 11 is 0. The summed E-state index contributed by atoms with van der Waals surface area (Å²) in [6.07, 6.45) is 0.378. The average Bonchev–Trinajstić information content (AvgIpc) is 2.79. The number of amides is 2. The molecule has 0 spiro atoms. The summed E-state index contributed by atoms with van der Waals surface area (Å²) in [6, 6.07) is 3.79. The van der Waals surface area contributed by atoms with Crippen molar-refractivity contribution in [1.29, 1.82) is 0 Å². The summed E-state index contributed by atoms with van der Waals surface area (Å²) in [5, 5.41) is 11.1. The molecule has 11 nitrogen and oxygen atoms in total. The minimum Gasteiger partial charge on any atom is -0.450 e. The normalized spacial score (nSPS) is 18.4. The van der Waals surface area contributed by atoms with E-state index in [1.165, 1.54) is 16.4 Å². The molecule has 2 aliphatic rings. The monoisotopic (exact) mass is 468 g/mol. The van der Waals surface area contributed by atoms with Crippen LogP contribution in [0.4, 0.5) is 10.5 Å². The maximum atomic E-state index is 13.1. The number of rotatable bonds is 5. The van der Waals surface area contributed by atoms with Gasteiger partial charge in [0.2, 0.25) is 15.9 Å². The van der Waals surface area contributed by atoms with Crippen LogP contribution in [0.25, 0.3) is 0 Å². The highest BCUT2D eigenvalue weighted by molar-refractivity contribution is 7.89. The number of piperidine rings is 1. The molecule has 1 aromatic rings. The van der Waals surface area contributed by atoms with E-state index < -0.39 is 14.9 Å². The zero-order valence-electron chi connectivity index (χ0n) is 18.2. The Morgan fingerprint density at radius 1 is 1.09 bits per heavy atom. The number of non-ortho nitro benzene ring substituents is 1. The van der Waals surface area contributed by atoms with Crippen molar-refractivity contribution in [3.05, 3.63) is 33.9 Å². The number of benzene rings is 1. The van der Waals surface area contributed by atoms with Crippen molar-refractivity contribution in [2.45, 2.75) is 31.6 Å². The molecule has 2 amide bonds. The number of aryl methyl sites for hydroxylation is 1. The highest BCUT2D eigenvalue weighted by Crippen LogP contribution is 2.29. The van der Waals surface area contributed by atoms with Crippen LogP contribution in [0.3, 0.4) is 0 Å². The lowest BCUT2D eigenvalue weighted by Crippen LogP contribution is -2.53. The predicted octanol–water partition coefficient (Wildman–Crippen LogP) is 1.60. The van der Waals surface area contributed by atoms with Crippen molar-refractivity contribution in [3.63, 3.8) is 0 Å². The van der Waals surface area contributed by atoms with Gasteiger partial charge < -0.3 is 14.5 Å². The second kappa shape index (κ2) is 9.82. The van der Waals surface area contributed by atoms with Crippen LogP contribution in [-0.2, 0) is 19.6 Å². The molecule has 2 saturated heterocycles. The van der Waals surface area contributed by atoms with Crippen molar-refractivity contribution in [1.82, 2.24) is 14.1 Å². The van der Waals surface area contributed by atoms with Crippen molar-refractivity contribution < 1.29 is 27.7 Å². The van der Waals surface area contributed by atoms with Gasteiger partial charge in [0, 0.05) is 57.3 Å². The summed E-state index contributed by atoms with van der Waals surface area (Å²) in [7, 11) is -3.90. The molecule has 2 aliphatic heterocycles. The highest BCUT2D eigenvalue weighted by atomic mass is 32.2. The third kappa shape index (κ3) is 5.01. The quantitative estimate of drug-likeness (QED) is 0.474. The Kier molecular flexibility index (Phi) is 7.34. The van der Waals surface area contributed by atoms with Crippen molar-refractivity contribution >= 4 is 27.7 Å². The second-order valence-corrected chi connectivity index (χ2v) is 9.80. The Morgan fingerprint density at radius 3 is 2.25 bits per heavy atom. The number of hydrogen-bond donors (Lipinski definition) is 0. The molecule has 0 unspecified atom stereocenters. The Bertz CT molecular complexity index is 982. The van der Waals surface area contributed by atoms with Crippen LogP contribution in [0.2, 0.25) is 0 Å². The molecule has 0 aliphatic carbocycles. The number of ether oxygens (including phenoxy) is 1. The molecule has 32 heavy (non-hydrogen) atoms. The van der Waals surface area contributed by atoms with E-state index in [-0.39, 0.29) is 41.6 Å². The number of sulfonamides is 1. The van der Waals surface area contributed by atoms with E-state index in [2.05, 4.69) is 0 Å². The van der Waals surface area contributed by atoms with Gasteiger partial charge in [-0.2, -0.15) is 4.31 Å². The number of hydrogen-bond acceptors (Lipinski definition) is 7. The molecule has 2 fully saturated rings. The number of piperazine rings is 1. The third-order valence-corrected chi connectivity index (χ3v) is 7.96. The van der Waals surface area contributed by atoms with Crippen LogP contribution in [-0.4, -0.2) is 85.3 Å². The molecule has 1 aromatic carbocycles. The van der Waals surface area contributed by atoms with Gasteiger partial charge in [-0.1, -0.05) is 6.07 Å². The molecule has 0 N–H and O–H groups in total. The van der Waals surface area contributed by atoms with Gasteiger partial charge in [0.1, 0.15) is 0 Å². The largest absolute Gasteiger partial charge is 0.450 e. The van der Waals surface area contributed by atoms with Gasteiger partial charge in [0.25, 0.3) is 5.69 Å². The van der Waals surface area contributed by atoms with Crippen LogP contribution in [0.15, 0.2) is 23.1 Å². The molecule has 0 atom stereocenters. The fourth-order valence-corrected chi connectivity index (χ4v) is 5.76. The molecule has 0 bridgehead atoms. The van der Waals surface area contributed by atoms with E-state index in [9.17, 15) is 28.1 Å². The second-order valence-electron chi connectivity index (χ2n) is 7.90. The van der Waals surface area contributed by atoms with Crippen molar-refractivity contribution in [2.75, 3.05) is 45.9 Å². The minimum absolute atomic E-state index is 0.0305. The van der Waals surface area contributed by atoms with Gasteiger partial charge in [-0.25, -0.2) is 13.2 Å². The van der Waals surface area contributed by atoms with Crippen LogP contribution >= 0.6 is 0 Å². The molecular weight excluding hydrogens is 440 g/mol. The molecule has 0 aromatic heterocycles. The Hall–Kier alpha value is -2.73. The predicted molar refractivity (Wildman–Crippen MR) is 114 cm³/mol. The van der Waals surface area contributed by atoms with Gasteiger partial charge >= 0.3 is 6.09 Å². The molecule has 0 radical (unpaired) electrons. The van der Waals surface area contributed by atoms with Gasteiger partial charge in [0.15, 0.2) is 0 Å². The van der Waals surface area contributed by atoms with E-state index >= 15 is 0 Å². The smallest absolute Gasteiger partial charge is 0.409 e. The highest BCUT2D eigenvalue weighted by Gasteiger charge is 2.36. The van der Waals surface area contributed by atoms with Gasteiger partial charge in [-0.15, -0.1) is 0 Å². The van der Waals surface area contributed by atoms with E-state index in [4.69, 9.17) is 4.74 Å². The van der Waals surface area contributed by atoms with Gasteiger partial charge in [-0.05, 0) is 32.3 Å². The van der Waals surface area contributed by atoms with Crippen LogP contribution in [0.1, 0.15) is 25.3 Å². The first kappa shape index (κ1) is 23.9. The zero-order chi connectivity index (χ0) is 23.5. The van der Waals surface area contributed by atoms with Crippen molar-refractivity contribution in [2.24, 2.45) is 5.92 Å². The van der Waals surface area contributed by atoms with Crippen LogP contribution in [0, 0.1) is 23.0 Å². The van der Waals surface area contributed by atoms with E-state index in [1.807, 2.05) is 0 Å². The van der Waals surface area contributed by atoms with E-state index in [0.717, 1.165) is 6.07 Å². The van der Waals surface area contributed by atoms with Crippen molar-refractivity contribution in [3.8, 4) is 0 Å². The number of nitro groups is 1. The lowest BCUT2D eigenvalue weighted by atomic mass is 9.96. The van der Waals surface area contributed by atoms with E-state index in [1.54, 1.807) is 23.6 Å². The number of nitrogens with zero attached hydrogens (tertiary/aromatic N) is 4. The zero-order valence-corrected chi connectivity index (χ0v) is 19.0. The van der Waals surface area contributed by atoms with Crippen LogP contribution in [0.5, 0.6) is 0 Å². The number of carbonyl (C=O) groups excluding carboxylic acids is 2. The molecule has 2 heterocycles. The lowest BCUT2D eigenvalue weighted by molar-refractivity contribution is -0.385. The van der Waals surface area contributed by atoms with Gasteiger partial charge in [0.05, 0.1) is 16.4 Å². The first-order valence-electron chi connectivity index (χ1n) is 10.6. The Balaban J connectivity index is 1.59. The lowest BCUT2D eigenvalue weighted by Gasteiger charge is -2.38. The minimum atomic E-state index is -3.90. The van der Waals surface area contributed by atoms with Crippen LogP contribution < -0.4 is 0 Å². The summed E-state index contributed by atoms with van der Waals surface area (Å²) < 4.78 is 32.4. The van der Waals surface area contributed by atoms with E-state index in [0.29, 0.717) is 51.2 Å². The van der Waals surface area contributed by atoms with Gasteiger partial charge in [-0.3, -0.25) is 14.9 Å². The first-order valence-corrected chi connectivity index (χ1v) is 12.0. The summed E-state index contributed by atoms with van der Waals surface area (Å²) in [6.45, 7) is 5.63. The molecular formula is C20H28N4O7S. The first-order chi connectivity index (χ1) is 15.1. The summed E-state index contributed by atoms with van der Waals surface area (Å²) in [5.41, 5.74) is 0.162. The molecule has 12 heteroatoms. The fourth-order valence-electron chi connectivity index (χ4n) is 4.04. The fraction of sp³-hybridized carbons (Fsp3) is 0.600. The summed E-state index contributed by atoms with van der Waals surface area (Å²) in [4.78, 5) is 38.4.